The molecule has 0 saturated carbocycles. The molecule has 0 radical (unpaired) electrons. The van der Waals surface area contributed by atoms with Crippen LogP contribution in [0.2, 0.25) is 0 Å². The molecule has 5 heteroatoms. The van der Waals surface area contributed by atoms with Gasteiger partial charge in [0.1, 0.15) is 5.82 Å². The molecule has 0 saturated heterocycles. The quantitative estimate of drug-likeness (QED) is 0.829. The molecule has 16 heavy (non-hydrogen) atoms. The predicted molar refractivity (Wildman–Crippen MR) is 60.8 cm³/mol. The van der Waals surface area contributed by atoms with E-state index in [1.54, 1.807) is 6.07 Å². The van der Waals surface area contributed by atoms with Crippen LogP contribution in [0.5, 0.6) is 0 Å². The van der Waals surface area contributed by atoms with Crippen molar-refractivity contribution in [1.29, 1.82) is 0 Å². The zero-order valence-electron chi connectivity index (χ0n) is 8.68. The van der Waals surface area contributed by atoms with Gasteiger partial charge in [-0.15, -0.1) is 0 Å². The van der Waals surface area contributed by atoms with Crippen molar-refractivity contribution in [2.24, 2.45) is 0 Å². The fraction of sp³-hybridized carbons (Fsp3) is 0.364. The number of aliphatic hydroxyl groups excluding tert-OH is 1. The van der Waals surface area contributed by atoms with Crippen molar-refractivity contribution < 1.29 is 14.3 Å². The van der Waals surface area contributed by atoms with Gasteiger partial charge < -0.3 is 10.4 Å². The second-order valence-corrected chi connectivity index (χ2v) is 4.55. The second-order valence-electron chi connectivity index (χ2n) is 3.75. The van der Waals surface area contributed by atoms with E-state index in [2.05, 4.69) is 21.2 Å². The summed E-state index contributed by atoms with van der Waals surface area (Å²) in [5.74, 6) is -0.805. The highest BCUT2D eigenvalue weighted by molar-refractivity contribution is 9.10. The summed E-state index contributed by atoms with van der Waals surface area (Å²) in [4.78, 5) is 11.5. The van der Waals surface area contributed by atoms with Gasteiger partial charge in [0.25, 0.3) is 5.91 Å². The molecule has 0 fully saturated rings. The van der Waals surface area contributed by atoms with Crippen molar-refractivity contribution in [3.8, 4) is 0 Å². The summed E-state index contributed by atoms with van der Waals surface area (Å²) in [6, 6.07) is 1.55. The third-order valence-corrected chi connectivity index (χ3v) is 3.62. The Kier molecular flexibility index (Phi) is 2.99. The summed E-state index contributed by atoms with van der Waals surface area (Å²) in [5.41, 5.74) is 1.26. The van der Waals surface area contributed by atoms with E-state index in [4.69, 9.17) is 0 Å². The summed E-state index contributed by atoms with van der Waals surface area (Å²) in [6.07, 6.45) is 0.353. The molecule has 0 aliphatic heterocycles. The molecule has 0 spiro atoms. The molecule has 1 amide bonds. The lowest BCUT2D eigenvalue weighted by atomic mass is 10.0. The fourth-order valence-electron chi connectivity index (χ4n) is 1.97. The van der Waals surface area contributed by atoms with Crippen molar-refractivity contribution in [3.05, 3.63) is 33.0 Å². The molecular formula is C11H11BrFNO2. The van der Waals surface area contributed by atoms with Gasteiger partial charge in [0.05, 0.1) is 16.1 Å². The molecule has 0 heterocycles. The van der Waals surface area contributed by atoms with Crippen molar-refractivity contribution in [2.45, 2.75) is 18.9 Å². The normalized spacial score (nSPS) is 18.4. The van der Waals surface area contributed by atoms with Gasteiger partial charge in [-0.1, -0.05) is 0 Å². The lowest BCUT2D eigenvalue weighted by Gasteiger charge is -2.10. The molecule has 2 rings (SSSR count). The molecule has 1 aliphatic carbocycles. The van der Waals surface area contributed by atoms with E-state index in [0.717, 1.165) is 0 Å². The van der Waals surface area contributed by atoms with Crippen molar-refractivity contribution in [1.82, 2.24) is 5.32 Å². The maximum absolute atomic E-state index is 13.9. The second kappa shape index (κ2) is 4.14. The maximum Gasteiger partial charge on any atom is 0.252 e. The van der Waals surface area contributed by atoms with Crippen LogP contribution < -0.4 is 5.32 Å². The monoisotopic (exact) mass is 287 g/mol. The lowest BCUT2D eigenvalue weighted by molar-refractivity contribution is 0.0961. The molecule has 86 valence electrons. The van der Waals surface area contributed by atoms with Crippen LogP contribution in [0.3, 0.4) is 0 Å². The first-order chi connectivity index (χ1) is 7.56. The number of hydrogen-bond acceptors (Lipinski definition) is 2. The maximum atomic E-state index is 13.9. The highest BCUT2D eigenvalue weighted by Crippen LogP contribution is 2.37. The minimum atomic E-state index is -0.666. The molecule has 3 nitrogen and oxygen atoms in total. The van der Waals surface area contributed by atoms with E-state index in [-0.39, 0.29) is 15.9 Å². The topological polar surface area (TPSA) is 49.3 Å². The van der Waals surface area contributed by atoms with Gasteiger partial charge in [0, 0.05) is 7.05 Å². The van der Waals surface area contributed by atoms with Gasteiger partial charge in [0.2, 0.25) is 0 Å². The molecule has 1 atom stereocenters. The Morgan fingerprint density at radius 3 is 3.00 bits per heavy atom. The van der Waals surface area contributed by atoms with Gasteiger partial charge in [-0.3, -0.25) is 4.79 Å². The van der Waals surface area contributed by atoms with Crippen LogP contribution >= 0.6 is 15.9 Å². The Morgan fingerprint density at radius 1 is 1.69 bits per heavy atom. The number of rotatable bonds is 1. The summed E-state index contributed by atoms with van der Waals surface area (Å²) < 4.78 is 14.1. The molecule has 1 unspecified atom stereocenters. The van der Waals surface area contributed by atoms with E-state index in [0.29, 0.717) is 24.0 Å². The number of fused-ring (bicyclic) bond motifs is 1. The molecule has 1 aromatic carbocycles. The smallest absolute Gasteiger partial charge is 0.252 e. The highest BCUT2D eigenvalue weighted by Gasteiger charge is 2.28. The first kappa shape index (κ1) is 11.5. The average Bonchev–Trinajstić information content (AvgIpc) is 2.64. The van der Waals surface area contributed by atoms with Crippen LogP contribution in [0.4, 0.5) is 4.39 Å². The minimum Gasteiger partial charge on any atom is -0.388 e. The summed E-state index contributed by atoms with van der Waals surface area (Å²) in [6.45, 7) is 0. The Balaban J connectivity index is 2.62. The lowest BCUT2D eigenvalue weighted by Crippen LogP contribution is -2.19. The van der Waals surface area contributed by atoms with Crippen molar-refractivity contribution >= 4 is 21.8 Å². The highest BCUT2D eigenvalue weighted by atomic mass is 79.9. The number of nitrogens with one attached hydrogen (secondary N) is 1. The predicted octanol–water partition coefficient (Wildman–Crippen LogP) is 1.93. The zero-order valence-corrected chi connectivity index (χ0v) is 10.3. The van der Waals surface area contributed by atoms with Crippen molar-refractivity contribution in [3.63, 3.8) is 0 Å². The van der Waals surface area contributed by atoms with Crippen LogP contribution in [0, 0.1) is 5.82 Å². The third kappa shape index (κ3) is 1.64. The molecule has 1 aromatic rings. The molecule has 2 N–H and O–H groups in total. The Morgan fingerprint density at radius 2 is 2.38 bits per heavy atom. The number of aliphatic hydroxyl groups is 1. The Labute approximate surface area is 101 Å². The van der Waals surface area contributed by atoms with Crippen LogP contribution in [0.15, 0.2) is 10.5 Å². The van der Waals surface area contributed by atoms with Gasteiger partial charge >= 0.3 is 0 Å². The van der Waals surface area contributed by atoms with E-state index >= 15 is 0 Å². The Hall–Kier alpha value is -0.940. The minimum absolute atomic E-state index is 0.166. The third-order valence-electron chi connectivity index (χ3n) is 2.84. The SMILES string of the molecule is CNC(=O)c1cc2c(c(F)c1Br)CCC2O. The van der Waals surface area contributed by atoms with Gasteiger partial charge in [-0.05, 0) is 46.0 Å². The molecule has 0 aromatic heterocycles. The van der Waals surface area contributed by atoms with E-state index in [1.807, 2.05) is 0 Å². The number of carbonyl (C=O) groups is 1. The van der Waals surface area contributed by atoms with E-state index in [1.165, 1.54) is 7.05 Å². The number of halogens is 2. The first-order valence-corrected chi connectivity index (χ1v) is 5.76. The summed E-state index contributed by atoms with van der Waals surface area (Å²) >= 11 is 3.08. The van der Waals surface area contributed by atoms with Gasteiger partial charge in [-0.25, -0.2) is 4.39 Å². The number of benzene rings is 1. The van der Waals surface area contributed by atoms with Crippen LogP contribution in [0.25, 0.3) is 0 Å². The van der Waals surface area contributed by atoms with Crippen LogP contribution in [-0.4, -0.2) is 18.1 Å². The summed E-state index contributed by atoms with van der Waals surface area (Å²) in [5, 5.41) is 12.1. The molecule has 0 bridgehead atoms. The zero-order chi connectivity index (χ0) is 11.9. The van der Waals surface area contributed by atoms with E-state index < -0.39 is 11.9 Å². The first-order valence-electron chi connectivity index (χ1n) is 4.97. The molecule has 1 aliphatic rings. The van der Waals surface area contributed by atoms with Gasteiger partial charge in [-0.2, -0.15) is 0 Å². The Bertz CT molecular complexity index is 462. The summed E-state index contributed by atoms with van der Waals surface area (Å²) in [7, 11) is 1.48. The number of carbonyl (C=O) groups excluding carboxylic acids is 1. The van der Waals surface area contributed by atoms with Gasteiger partial charge in [0.15, 0.2) is 0 Å². The largest absolute Gasteiger partial charge is 0.388 e. The fourth-order valence-corrected chi connectivity index (χ4v) is 2.51. The van der Waals surface area contributed by atoms with Crippen LogP contribution in [-0.2, 0) is 6.42 Å². The van der Waals surface area contributed by atoms with E-state index in [9.17, 15) is 14.3 Å². The number of amides is 1. The van der Waals surface area contributed by atoms with Crippen LogP contribution in [0.1, 0.15) is 34.0 Å². The standard InChI is InChI=1S/C11H11BrFNO2/c1-14-11(16)7-4-6-5(2-3-8(6)15)10(13)9(7)12/h4,8,15H,2-3H2,1H3,(H,14,16). The average molecular weight is 288 g/mol. The van der Waals surface area contributed by atoms with Crippen molar-refractivity contribution in [2.75, 3.05) is 7.05 Å². The number of hydrogen-bond donors (Lipinski definition) is 2. The molecular weight excluding hydrogens is 277 g/mol.